The molecule has 11 nitrogen and oxygen atoms in total. The van der Waals surface area contributed by atoms with Gasteiger partial charge in [-0.05, 0) is 78.3 Å². The third kappa shape index (κ3) is 9.10. The van der Waals surface area contributed by atoms with Crippen molar-refractivity contribution >= 4 is 31.1 Å². The second-order valence-electron chi connectivity index (χ2n) is 15.5. The van der Waals surface area contributed by atoms with Gasteiger partial charge in [-0.25, -0.2) is 19.2 Å². The third-order valence-electron chi connectivity index (χ3n) is 8.88. The predicted octanol–water partition coefficient (Wildman–Crippen LogP) is 7.09. The molecule has 1 N–H and O–H groups in total. The van der Waals surface area contributed by atoms with Crippen LogP contribution in [-0.2, 0) is 16.2 Å². The molecular weight excluding hydrogens is 646 g/mol. The number of ether oxygens (including phenoxy) is 4. The normalized spacial score (nSPS) is 15.8. The molecule has 49 heavy (non-hydrogen) atoms. The Balaban J connectivity index is 1.52. The Bertz CT molecular complexity index is 1690. The average molecular weight is 698 g/mol. The van der Waals surface area contributed by atoms with Gasteiger partial charge >= 0.3 is 6.09 Å². The number of hydrogen-bond acceptors (Lipinski definition) is 8. The molecule has 3 heterocycles. The fraction of sp³-hybridized carbons (Fsp3) is 0.611. The second-order valence-corrected chi connectivity index (χ2v) is 21.1. The van der Waals surface area contributed by atoms with E-state index in [2.05, 4.69) is 25.0 Å². The topological polar surface area (TPSA) is 117 Å². The molecule has 1 saturated heterocycles. The van der Waals surface area contributed by atoms with Crippen LogP contribution in [-0.4, -0.2) is 84.6 Å². The summed E-state index contributed by atoms with van der Waals surface area (Å²) in [5.41, 5.74) is 2.68. The number of hydrogen-bond donors (Lipinski definition) is 1. The van der Waals surface area contributed by atoms with E-state index in [-0.39, 0.29) is 30.5 Å². The molecule has 2 amide bonds. The lowest BCUT2D eigenvalue weighted by molar-refractivity contribution is 0.0199. The molecule has 1 aliphatic carbocycles. The third-order valence-corrected chi connectivity index (χ3v) is 10.6. The number of carbonyl (C=O) groups is 2. The fourth-order valence-corrected chi connectivity index (χ4v) is 6.66. The lowest BCUT2D eigenvalue weighted by atomic mass is 10.0. The van der Waals surface area contributed by atoms with Gasteiger partial charge < -0.3 is 33.7 Å². The maximum absolute atomic E-state index is 15.1. The van der Waals surface area contributed by atoms with Crippen molar-refractivity contribution in [1.82, 2.24) is 24.8 Å². The minimum absolute atomic E-state index is 0.0649. The molecule has 2 aliphatic rings. The minimum atomic E-state index is -1.35. The Hall–Kier alpha value is -3.71. The number of nitrogens with one attached hydrogen (secondary N) is 1. The highest BCUT2D eigenvalue weighted by molar-refractivity contribution is 6.76. The summed E-state index contributed by atoms with van der Waals surface area (Å²) in [6.07, 6.45) is 3.01. The van der Waals surface area contributed by atoms with Crippen LogP contribution in [0.1, 0.15) is 68.3 Å². The van der Waals surface area contributed by atoms with Gasteiger partial charge in [0.2, 0.25) is 0 Å². The van der Waals surface area contributed by atoms with Crippen LogP contribution in [0.25, 0.3) is 22.3 Å². The monoisotopic (exact) mass is 697 g/mol. The highest BCUT2D eigenvalue weighted by Gasteiger charge is 2.32. The van der Waals surface area contributed by atoms with Gasteiger partial charge in [0.05, 0.1) is 24.8 Å². The highest BCUT2D eigenvalue weighted by atomic mass is 28.3. The maximum Gasteiger partial charge on any atom is 0.410 e. The Morgan fingerprint density at radius 1 is 1.04 bits per heavy atom. The van der Waals surface area contributed by atoms with E-state index in [1.54, 1.807) is 17.9 Å². The summed E-state index contributed by atoms with van der Waals surface area (Å²) in [6.45, 7) is 18.3. The number of rotatable bonds is 12. The highest BCUT2D eigenvalue weighted by Crippen LogP contribution is 2.41. The second kappa shape index (κ2) is 14.6. The van der Waals surface area contributed by atoms with E-state index in [0.717, 1.165) is 18.9 Å². The van der Waals surface area contributed by atoms with Crippen LogP contribution in [0.15, 0.2) is 12.1 Å². The summed E-state index contributed by atoms with van der Waals surface area (Å²) in [7, 11) is 0.0702. The molecule has 1 saturated carbocycles. The van der Waals surface area contributed by atoms with Crippen LogP contribution in [0.4, 0.5) is 9.18 Å². The van der Waals surface area contributed by atoms with E-state index in [1.165, 1.54) is 13.2 Å². The van der Waals surface area contributed by atoms with Gasteiger partial charge in [0.1, 0.15) is 35.1 Å². The Kier molecular flexibility index (Phi) is 10.9. The molecule has 2 aromatic heterocycles. The van der Waals surface area contributed by atoms with Gasteiger partial charge in [0.25, 0.3) is 5.91 Å². The summed E-state index contributed by atoms with van der Waals surface area (Å²) in [6, 6.07) is 3.80. The lowest BCUT2D eigenvalue weighted by Gasteiger charge is -2.33. The number of carbonyl (C=O) groups excluding carboxylic acids is 2. The molecule has 0 atom stereocenters. The molecule has 2 fully saturated rings. The molecule has 13 heteroatoms. The van der Waals surface area contributed by atoms with Crippen molar-refractivity contribution in [3.05, 3.63) is 35.0 Å². The molecule has 268 valence electrons. The molecular formula is C36H52FN5O6Si. The van der Waals surface area contributed by atoms with Crippen molar-refractivity contribution in [3.63, 3.8) is 0 Å². The molecule has 0 bridgehead atoms. The maximum atomic E-state index is 15.1. The van der Waals surface area contributed by atoms with E-state index in [4.69, 9.17) is 28.9 Å². The first-order chi connectivity index (χ1) is 23.0. The van der Waals surface area contributed by atoms with Crippen LogP contribution in [0.3, 0.4) is 0 Å². The predicted molar refractivity (Wildman–Crippen MR) is 190 cm³/mol. The Labute approximate surface area is 289 Å². The lowest BCUT2D eigenvalue weighted by Crippen LogP contribution is -2.47. The van der Waals surface area contributed by atoms with E-state index >= 15 is 4.39 Å². The number of aryl methyl sites for hydroxylation is 1. The van der Waals surface area contributed by atoms with Crippen molar-refractivity contribution in [2.45, 2.75) is 104 Å². The van der Waals surface area contributed by atoms with Crippen molar-refractivity contribution in [2.24, 2.45) is 5.92 Å². The number of halogens is 1. The number of nitrogens with zero attached hydrogens (tertiary/aromatic N) is 4. The Morgan fingerprint density at radius 3 is 2.35 bits per heavy atom. The summed E-state index contributed by atoms with van der Waals surface area (Å²) in [5.74, 6) is 0.536. The number of methoxy groups -OCH3 is 1. The first kappa shape index (κ1) is 36.6. The summed E-state index contributed by atoms with van der Waals surface area (Å²) < 4.78 is 40.4. The number of benzene rings is 1. The van der Waals surface area contributed by atoms with Gasteiger partial charge in [-0.1, -0.05) is 19.6 Å². The standard InChI is InChI=1S/C36H52FN5O6Si/c1-22-30(34(43)40-25-12-14-41(15-13-25)35(44)48-36(3,4)5)32-33(42(22)21-46-16-17-49(7,8)9)31(38-23(2)39-32)26-18-29(45-6)27(37)19-28(26)47-20-24-10-11-24/h18-19,24-25H,10-17,20-21H2,1-9H3,(H,40,43). The van der Waals surface area contributed by atoms with E-state index < -0.39 is 19.5 Å². The minimum Gasteiger partial charge on any atom is -0.494 e. The number of piperidine rings is 1. The molecule has 0 radical (unpaired) electrons. The van der Waals surface area contributed by atoms with Crippen LogP contribution in [0.2, 0.25) is 25.7 Å². The fourth-order valence-electron chi connectivity index (χ4n) is 5.90. The first-order valence-electron chi connectivity index (χ1n) is 17.3. The summed E-state index contributed by atoms with van der Waals surface area (Å²) >= 11 is 0. The van der Waals surface area contributed by atoms with Gasteiger partial charge in [0.15, 0.2) is 11.6 Å². The van der Waals surface area contributed by atoms with E-state index in [1.807, 2.05) is 32.3 Å². The van der Waals surface area contributed by atoms with Crippen molar-refractivity contribution < 1.29 is 32.9 Å². The van der Waals surface area contributed by atoms with Crippen molar-refractivity contribution in [2.75, 3.05) is 33.4 Å². The Morgan fingerprint density at radius 2 is 1.73 bits per heavy atom. The molecule has 1 aliphatic heterocycles. The average Bonchev–Trinajstić information content (AvgIpc) is 3.79. The van der Waals surface area contributed by atoms with Crippen LogP contribution in [0, 0.1) is 25.6 Å². The van der Waals surface area contributed by atoms with E-state index in [0.29, 0.717) is 90.2 Å². The number of fused-ring (bicyclic) bond motifs is 1. The van der Waals surface area contributed by atoms with E-state index in [9.17, 15) is 9.59 Å². The van der Waals surface area contributed by atoms with Crippen molar-refractivity contribution in [1.29, 1.82) is 0 Å². The quantitative estimate of drug-likeness (QED) is 0.158. The number of aromatic nitrogens is 3. The van der Waals surface area contributed by atoms with Crippen LogP contribution >= 0.6 is 0 Å². The summed E-state index contributed by atoms with van der Waals surface area (Å²) in [4.78, 5) is 38.1. The van der Waals surface area contributed by atoms with Gasteiger partial charge in [-0.15, -0.1) is 0 Å². The SMILES string of the molecule is COc1cc(-c2nc(C)nc3c(C(=O)NC4CCN(C(=O)OC(C)(C)C)CC4)c(C)n(COCC[Si](C)(C)C)c23)c(OCC2CC2)cc1F. The number of likely N-dealkylation sites (tertiary alicyclic amines) is 1. The molecule has 0 spiro atoms. The van der Waals surface area contributed by atoms with Crippen molar-refractivity contribution in [3.8, 4) is 22.8 Å². The van der Waals surface area contributed by atoms with Crippen LogP contribution < -0.4 is 14.8 Å². The molecule has 1 aromatic carbocycles. The van der Waals surface area contributed by atoms with Crippen LogP contribution in [0.5, 0.6) is 11.5 Å². The smallest absolute Gasteiger partial charge is 0.410 e. The zero-order chi connectivity index (χ0) is 35.7. The summed E-state index contributed by atoms with van der Waals surface area (Å²) in [5, 5.41) is 3.21. The zero-order valence-corrected chi connectivity index (χ0v) is 31.5. The first-order valence-corrected chi connectivity index (χ1v) is 21.0. The molecule has 3 aromatic rings. The van der Waals surface area contributed by atoms with Gasteiger partial charge in [-0.2, -0.15) is 0 Å². The largest absolute Gasteiger partial charge is 0.494 e. The zero-order valence-electron chi connectivity index (χ0n) is 30.5. The molecule has 0 unspecified atom stereocenters. The number of amides is 2. The van der Waals surface area contributed by atoms with Gasteiger partial charge in [0, 0.05) is 51.1 Å². The van der Waals surface area contributed by atoms with Gasteiger partial charge in [-0.3, -0.25) is 4.79 Å². The molecule has 5 rings (SSSR count).